The van der Waals surface area contributed by atoms with Crippen LogP contribution in [0.15, 0.2) is 36.4 Å². The SMILES string of the molecule is CN1CCC(NCC=Cc2ccccc2)C1. The molecule has 1 aliphatic heterocycles. The van der Waals surface area contributed by atoms with Crippen LogP contribution in [0.3, 0.4) is 0 Å². The van der Waals surface area contributed by atoms with Gasteiger partial charge < -0.3 is 10.2 Å². The van der Waals surface area contributed by atoms with Crippen LogP contribution in [0, 0.1) is 0 Å². The summed E-state index contributed by atoms with van der Waals surface area (Å²) >= 11 is 0. The van der Waals surface area contributed by atoms with Gasteiger partial charge in [-0.25, -0.2) is 0 Å². The maximum atomic E-state index is 3.55. The fourth-order valence-corrected chi connectivity index (χ4v) is 2.10. The predicted molar refractivity (Wildman–Crippen MR) is 69.4 cm³/mol. The smallest absolute Gasteiger partial charge is 0.0210 e. The quantitative estimate of drug-likeness (QED) is 0.828. The first-order valence-corrected chi connectivity index (χ1v) is 5.98. The summed E-state index contributed by atoms with van der Waals surface area (Å²) in [6.07, 6.45) is 5.65. The Balaban J connectivity index is 1.70. The third-order valence-electron chi connectivity index (χ3n) is 3.03. The zero-order valence-electron chi connectivity index (χ0n) is 9.89. The molecule has 0 aliphatic carbocycles. The molecule has 1 atom stereocenters. The number of likely N-dealkylation sites (tertiary alicyclic amines) is 1. The van der Waals surface area contributed by atoms with E-state index in [2.05, 4.69) is 53.7 Å². The molecule has 0 radical (unpaired) electrons. The van der Waals surface area contributed by atoms with Gasteiger partial charge in [-0.15, -0.1) is 0 Å². The highest BCUT2D eigenvalue weighted by atomic mass is 15.2. The second kappa shape index (κ2) is 5.83. The number of likely N-dealkylation sites (N-methyl/N-ethyl adjacent to an activating group) is 1. The third-order valence-corrected chi connectivity index (χ3v) is 3.03. The monoisotopic (exact) mass is 216 g/mol. The van der Waals surface area contributed by atoms with Crippen LogP contribution in [0.25, 0.3) is 6.08 Å². The van der Waals surface area contributed by atoms with Crippen molar-refractivity contribution in [3.8, 4) is 0 Å². The Kier molecular flexibility index (Phi) is 4.14. The standard InChI is InChI=1S/C14H20N2/c1-16-11-9-14(12-16)15-10-5-8-13-6-3-2-4-7-13/h2-8,14-15H,9-12H2,1H3. The van der Waals surface area contributed by atoms with Crippen molar-refractivity contribution in [2.45, 2.75) is 12.5 Å². The Hall–Kier alpha value is -1.12. The van der Waals surface area contributed by atoms with Gasteiger partial charge in [0.05, 0.1) is 0 Å². The van der Waals surface area contributed by atoms with Gasteiger partial charge in [0.2, 0.25) is 0 Å². The minimum atomic E-state index is 0.672. The lowest BCUT2D eigenvalue weighted by molar-refractivity contribution is 0.401. The molecule has 1 fully saturated rings. The molecule has 1 aliphatic rings. The van der Waals surface area contributed by atoms with Gasteiger partial charge in [0, 0.05) is 19.1 Å². The first kappa shape index (κ1) is 11.4. The van der Waals surface area contributed by atoms with E-state index >= 15 is 0 Å². The Morgan fingerprint density at radius 3 is 2.88 bits per heavy atom. The molecule has 2 heteroatoms. The van der Waals surface area contributed by atoms with Gasteiger partial charge in [0.25, 0.3) is 0 Å². The minimum absolute atomic E-state index is 0.672. The van der Waals surface area contributed by atoms with Crippen molar-refractivity contribution in [2.24, 2.45) is 0 Å². The topological polar surface area (TPSA) is 15.3 Å². The highest BCUT2D eigenvalue weighted by molar-refractivity contribution is 5.48. The van der Waals surface area contributed by atoms with E-state index in [-0.39, 0.29) is 0 Å². The summed E-state index contributed by atoms with van der Waals surface area (Å²) in [6, 6.07) is 11.1. The summed E-state index contributed by atoms with van der Waals surface area (Å²) in [4.78, 5) is 2.37. The van der Waals surface area contributed by atoms with Crippen molar-refractivity contribution in [3.05, 3.63) is 42.0 Å². The van der Waals surface area contributed by atoms with Gasteiger partial charge in [0.15, 0.2) is 0 Å². The summed E-state index contributed by atoms with van der Waals surface area (Å²) in [7, 11) is 2.18. The zero-order chi connectivity index (χ0) is 11.2. The molecule has 0 saturated carbocycles. The fourth-order valence-electron chi connectivity index (χ4n) is 2.10. The first-order valence-electron chi connectivity index (χ1n) is 5.98. The van der Waals surface area contributed by atoms with E-state index in [0.717, 1.165) is 6.54 Å². The van der Waals surface area contributed by atoms with Gasteiger partial charge in [-0.1, -0.05) is 42.5 Å². The van der Waals surface area contributed by atoms with Crippen LogP contribution in [-0.4, -0.2) is 37.6 Å². The lowest BCUT2D eigenvalue weighted by Gasteiger charge is -2.10. The van der Waals surface area contributed by atoms with Crippen LogP contribution in [-0.2, 0) is 0 Å². The molecule has 0 bridgehead atoms. The molecule has 1 unspecified atom stereocenters. The van der Waals surface area contributed by atoms with Gasteiger partial charge in [-0.05, 0) is 25.6 Å². The van der Waals surface area contributed by atoms with Crippen molar-refractivity contribution in [1.29, 1.82) is 0 Å². The van der Waals surface area contributed by atoms with E-state index in [4.69, 9.17) is 0 Å². The molecule has 1 heterocycles. The van der Waals surface area contributed by atoms with Crippen molar-refractivity contribution >= 4 is 6.08 Å². The predicted octanol–water partition coefficient (Wildman–Crippen LogP) is 1.99. The van der Waals surface area contributed by atoms with E-state index in [1.54, 1.807) is 0 Å². The molecule has 86 valence electrons. The zero-order valence-corrected chi connectivity index (χ0v) is 9.89. The summed E-state index contributed by atoms with van der Waals surface area (Å²) < 4.78 is 0. The van der Waals surface area contributed by atoms with Crippen LogP contribution < -0.4 is 5.32 Å². The summed E-state index contributed by atoms with van der Waals surface area (Å²) in [5.41, 5.74) is 1.27. The van der Waals surface area contributed by atoms with Gasteiger partial charge in [-0.3, -0.25) is 0 Å². The molecule has 0 spiro atoms. The number of hydrogen-bond donors (Lipinski definition) is 1. The number of rotatable bonds is 4. The highest BCUT2D eigenvalue weighted by Crippen LogP contribution is 2.05. The molecule has 16 heavy (non-hydrogen) atoms. The van der Waals surface area contributed by atoms with Crippen LogP contribution >= 0.6 is 0 Å². The summed E-state index contributed by atoms with van der Waals surface area (Å²) in [5.74, 6) is 0. The highest BCUT2D eigenvalue weighted by Gasteiger charge is 2.17. The minimum Gasteiger partial charge on any atom is -0.309 e. The van der Waals surface area contributed by atoms with E-state index in [9.17, 15) is 0 Å². The molecule has 2 rings (SSSR count). The van der Waals surface area contributed by atoms with Crippen LogP contribution in [0.4, 0.5) is 0 Å². The van der Waals surface area contributed by atoms with E-state index < -0.39 is 0 Å². The molecule has 1 aromatic carbocycles. The average molecular weight is 216 g/mol. The third kappa shape index (κ3) is 3.47. The maximum absolute atomic E-state index is 3.55. The Labute approximate surface area is 98.0 Å². The van der Waals surface area contributed by atoms with Crippen LogP contribution in [0.5, 0.6) is 0 Å². The Morgan fingerprint density at radius 1 is 1.38 bits per heavy atom. The molecule has 2 nitrogen and oxygen atoms in total. The Morgan fingerprint density at radius 2 is 2.19 bits per heavy atom. The lowest BCUT2D eigenvalue weighted by Crippen LogP contribution is -2.31. The number of benzene rings is 1. The number of nitrogens with zero attached hydrogens (tertiary/aromatic N) is 1. The second-order valence-corrected chi connectivity index (χ2v) is 4.47. The first-order chi connectivity index (χ1) is 7.84. The van der Waals surface area contributed by atoms with Gasteiger partial charge in [0.1, 0.15) is 0 Å². The van der Waals surface area contributed by atoms with Crippen molar-refractivity contribution < 1.29 is 0 Å². The maximum Gasteiger partial charge on any atom is 0.0210 e. The van der Waals surface area contributed by atoms with Gasteiger partial charge in [-0.2, -0.15) is 0 Å². The van der Waals surface area contributed by atoms with E-state index in [1.165, 1.54) is 25.1 Å². The van der Waals surface area contributed by atoms with Gasteiger partial charge >= 0.3 is 0 Å². The largest absolute Gasteiger partial charge is 0.309 e. The van der Waals surface area contributed by atoms with Crippen LogP contribution in [0.2, 0.25) is 0 Å². The van der Waals surface area contributed by atoms with Crippen molar-refractivity contribution in [1.82, 2.24) is 10.2 Å². The van der Waals surface area contributed by atoms with Crippen molar-refractivity contribution in [3.63, 3.8) is 0 Å². The fraction of sp³-hybridized carbons (Fsp3) is 0.429. The van der Waals surface area contributed by atoms with Crippen molar-refractivity contribution in [2.75, 3.05) is 26.7 Å². The number of hydrogen-bond acceptors (Lipinski definition) is 2. The molecule has 1 saturated heterocycles. The molecule has 0 aromatic heterocycles. The molecular weight excluding hydrogens is 196 g/mol. The molecular formula is C14H20N2. The molecule has 1 N–H and O–H groups in total. The van der Waals surface area contributed by atoms with E-state index in [0.29, 0.717) is 6.04 Å². The normalized spacial score (nSPS) is 21.9. The lowest BCUT2D eigenvalue weighted by atomic mass is 10.2. The average Bonchev–Trinajstić information content (AvgIpc) is 2.72. The summed E-state index contributed by atoms with van der Waals surface area (Å²) in [5, 5.41) is 3.55. The van der Waals surface area contributed by atoms with E-state index in [1.807, 2.05) is 6.07 Å². The Bertz CT molecular complexity index is 332. The molecule has 1 aromatic rings. The second-order valence-electron chi connectivity index (χ2n) is 4.47. The van der Waals surface area contributed by atoms with Crippen LogP contribution in [0.1, 0.15) is 12.0 Å². The summed E-state index contributed by atoms with van der Waals surface area (Å²) in [6.45, 7) is 3.37. The number of nitrogens with one attached hydrogen (secondary N) is 1. The molecule has 0 amide bonds.